The maximum Gasteiger partial charge on any atom is 0.331 e. The van der Waals surface area contributed by atoms with Crippen molar-refractivity contribution in [2.75, 3.05) is 13.2 Å². The van der Waals surface area contributed by atoms with E-state index in [-0.39, 0.29) is 6.61 Å². The van der Waals surface area contributed by atoms with Crippen LogP contribution in [0.15, 0.2) is 12.2 Å². The molecule has 0 fully saturated rings. The molecule has 0 aliphatic carbocycles. The third-order valence-electron chi connectivity index (χ3n) is 1.99. The van der Waals surface area contributed by atoms with Crippen LogP contribution in [0, 0.1) is 0 Å². The highest BCUT2D eigenvalue weighted by Crippen LogP contribution is 1.93. The van der Waals surface area contributed by atoms with Gasteiger partial charge in [0, 0.05) is 12.2 Å². The molecule has 0 aromatic rings. The Kier molecular flexibility index (Phi) is 9.05. The highest BCUT2D eigenvalue weighted by molar-refractivity contribution is 5.91. The first-order valence-corrected chi connectivity index (χ1v) is 5.79. The summed E-state index contributed by atoms with van der Waals surface area (Å²) in [4.78, 5) is 22.1. The molecule has 0 spiro atoms. The summed E-state index contributed by atoms with van der Waals surface area (Å²) in [6, 6.07) is 0. The molecule has 0 saturated carbocycles. The number of aliphatic hydroxyl groups is 1. The van der Waals surface area contributed by atoms with Gasteiger partial charge in [-0.3, -0.25) is 0 Å². The quantitative estimate of drug-likeness (QED) is 0.394. The van der Waals surface area contributed by atoms with Gasteiger partial charge in [0.25, 0.3) is 0 Å². The molecule has 0 amide bonds. The molecule has 0 saturated heterocycles. The van der Waals surface area contributed by atoms with Gasteiger partial charge in [-0.1, -0.05) is 20.3 Å². The van der Waals surface area contributed by atoms with Gasteiger partial charge in [0.2, 0.25) is 0 Å². The Morgan fingerprint density at radius 2 is 1.76 bits per heavy atom. The van der Waals surface area contributed by atoms with Gasteiger partial charge in [0.1, 0.15) is 6.61 Å². The normalized spacial score (nSPS) is 12.4. The van der Waals surface area contributed by atoms with E-state index >= 15 is 0 Å². The van der Waals surface area contributed by atoms with Crippen molar-refractivity contribution in [2.45, 2.75) is 39.2 Å². The second kappa shape index (κ2) is 9.84. The number of carbonyl (C=O) groups is 2. The zero-order chi connectivity index (χ0) is 13.1. The number of unbranched alkanes of at least 4 members (excludes halogenated alkanes) is 1. The fourth-order valence-electron chi connectivity index (χ4n) is 0.846. The predicted molar refractivity (Wildman–Crippen MR) is 62.3 cm³/mol. The summed E-state index contributed by atoms with van der Waals surface area (Å²) >= 11 is 0. The van der Waals surface area contributed by atoms with Gasteiger partial charge in [-0.05, 0) is 12.8 Å². The van der Waals surface area contributed by atoms with Gasteiger partial charge in [0.05, 0.1) is 12.7 Å². The van der Waals surface area contributed by atoms with Crippen LogP contribution in [0.2, 0.25) is 0 Å². The third kappa shape index (κ3) is 9.56. The fraction of sp³-hybridized carbons (Fsp3) is 0.667. The van der Waals surface area contributed by atoms with Gasteiger partial charge >= 0.3 is 11.9 Å². The maximum atomic E-state index is 11.1. The van der Waals surface area contributed by atoms with Crippen molar-refractivity contribution >= 4 is 11.9 Å². The summed E-state index contributed by atoms with van der Waals surface area (Å²) < 4.78 is 9.48. The lowest BCUT2D eigenvalue weighted by Gasteiger charge is -2.06. The summed E-state index contributed by atoms with van der Waals surface area (Å²) in [7, 11) is 0. The number of esters is 2. The van der Waals surface area contributed by atoms with Crippen LogP contribution in [0.3, 0.4) is 0 Å². The number of rotatable bonds is 8. The van der Waals surface area contributed by atoms with E-state index in [1.54, 1.807) is 6.92 Å². The molecule has 17 heavy (non-hydrogen) atoms. The van der Waals surface area contributed by atoms with Crippen LogP contribution in [0.1, 0.15) is 33.1 Å². The lowest BCUT2D eigenvalue weighted by Crippen LogP contribution is -2.16. The van der Waals surface area contributed by atoms with E-state index in [4.69, 9.17) is 9.84 Å². The van der Waals surface area contributed by atoms with Crippen molar-refractivity contribution in [2.24, 2.45) is 0 Å². The minimum absolute atomic E-state index is 0.0649. The molecule has 0 bridgehead atoms. The molecule has 0 rings (SSSR count). The molecule has 98 valence electrons. The number of hydrogen-bond donors (Lipinski definition) is 1. The zero-order valence-electron chi connectivity index (χ0n) is 10.3. The first-order valence-electron chi connectivity index (χ1n) is 5.79. The van der Waals surface area contributed by atoms with Crippen molar-refractivity contribution < 1.29 is 24.2 Å². The first-order chi connectivity index (χ1) is 8.10. The minimum Gasteiger partial charge on any atom is -0.463 e. The Morgan fingerprint density at radius 3 is 2.29 bits per heavy atom. The molecule has 5 nitrogen and oxygen atoms in total. The Hall–Kier alpha value is -1.36. The molecular formula is C12H20O5. The summed E-state index contributed by atoms with van der Waals surface area (Å²) in [6.07, 6.45) is 3.60. The van der Waals surface area contributed by atoms with Gasteiger partial charge in [-0.15, -0.1) is 0 Å². The molecule has 1 unspecified atom stereocenters. The second-order valence-corrected chi connectivity index (χ2v) is 3.55. The number of aliphatic hydroxyl groups excluding tert-OH is 1. The minimum atomic E-state index is -0.663. The van der Waals surface area contributed by atoms with E-state index in [1.807, 2.05) is 6.92 Å². The van der Waals surface area contributed by atoms with E-state index in [0.29, 0.717) is 13.0 Å². The van der Waals surface area contributed by atoms with Crippen LogP contribution in [0.4, 0.5) is 0 Å². The lowest BCUT2D eigenvalue weighted by atomic mass is 10.3. The Labute approximate surface area is 101 Å². The maximum absolute atomic E-state index is 11.1. The molecule has 0 aliphatic heterocycles. The molecule has 1 atom stereocenters. The molecular weight excluding hydrogens is 224 g/mol. The number of carbonyl (C=O) groups excluding carboxylic acids is 2. The Bertz CT molecular complexity index is 260. The van der Waals surface area contributed by atoms with E-state index in [1.165, 1.54) is 0 Å². The molecule has 0 radical (unpaired) electrons. The molecule has 5 heteroatoms. The van der Waals surface area contributed by atoms with E-state index in [9.17, 15) is 9.59 Å². The highest BCUT2D eigenvalue weighted by atomic mass is 16.5. The molecule has 0 heterocycles. The largest absolute Gasteiger partial charge is 0.463 e. The van der Waals surface area contributed by atoms with Crippen molar-refractivity contribution in [1.82, 2.24) is 0 Å². The number of hydrogen-bond acceptors (Lipinski definition) is 5. The molecule has 0 aromatic carbocycles. The van der Waals surface area contributed by atoms with Crippen molar-refractivity contribution in [3.63, 3.8) is 0 Å². The topological polar surface area (TPSA) is 72.8 Å². The predicted octanol–water partition coefficient (Wildman–Crippen LogP) is 1.20. The summed E-state index contributed by atoms with van der Waals surface area (Å²) in [5, 5.41) is 9.13. The van der Waals surface area contributed by atoms with Crippen LogP contribution < -0.4 is 0 Å². The molecule has 0 aliphatic rings. The highest BCUT2D eigenvalue weighted by Gasteiger charge is 2.04. The first kappa shape index (κ1) is 15.6. The van der Waals surface area contributed by atoms with Crippen molar-refractivity contribution in [1.29, 1.82) is 0 Å². The van der Waals surface area contributed by atoms with Gasteiger partial charge in [0.15, 0.2) is 0 Å². The van der Waals surface area contributed by atoms with Crippen molar-refractivity contribution in [3.05, 3.63) is 12.2 Å². The van der Waals surface area contributed by atoms with Crippen LogP contribution >= 0.6 is 0 Å². The SMILES string of the molecule is CCCCOC(=O)C=CC(=O)OCC(O)CC. The summed E-state index contributed by atoms with van der Waals surface area (Å²) in [5.74, 6) is -1.23. The second-order valence-electron chi connectivity index (χ2n) is 3.55. The summed E-state index contributed by atoms with van der Waals surface area (Å²) in [5.41, 5.74) is 0. The fourth-order valence-corrected chi connectivity index (χ4v) is 0.846. The third-order valence-corrected chi connectivity index (χ3v) is 1.99. The Morgan fingerprint density at radius 1 is 1.18 bits per heavy atom. The zero-order valence-corrected chi connectivity index (χ0v) is 10.3. The summed E-state index contributed by atoms with van der Waals surface area (Å²) in [6.45, 7) is 4.05. The standard InChI is InChI=1S/C12H20O5/c1-3-5-8-16-11(14)6-7-12(15)17-9-10(13)4-2/h6-7,10,13H,3-5,8-9H2,1-2H3. The average molecular weight is 244 g/mol. The van der Waals surface area contributed by atoms with Gasteiger partial charge in [-0.2, -0.15) is 0 Å². The Balaban J connectivity index is 3.74. The van der Waals surface area contributed by atoms with Crippen LogP contribution in [-0.4, -0.2) is 36.4 Å². The average Bonchev–Trinajstić information content (AvgIpc) is 2.33. The van der Waals surface area contributed by atoms with Crippen LogP contribution in [-0.2, 0) is 19.1 Å². The molecule has 1 N–H and O–H groups in total. The monoisotopic (exact) mass is 244 g/mol. The van der Waals surface area contributed by atoms with Gasteiger partial charge < -0.3 is 14.6 Å². The number of ether oxygens (including phenoxy) is 2. The van der Waals surface area contributed by atoms with Crippen molar-refractivity contribution in [3.8, 4) is 0 Å². The van der Waals surface area contributed by atoms with Crippen LogP contribution in [0.25, 0.3) is 0 Å². The van der Waals surface area contributed by atoms with E-state index in [2.05, 4.69) is 4.74 Å². The van der Waals surface area contributed by atoms with Gasteiger partial charge in [-0.25, -0.2) is 9.59 Å². The lowest BCUT2D eigenvalue weighted by molar-refractivity contribution is -0.142. The molecule has 0 aromatic heterocycles. The smallest absolute Gasteiger partial charge is 0.331 e. The van der Waals surface area contributed by atoms with E-state index in [0.717, 1.165) is 25.0 Å². The van der Waals surface area contributed by atoms with Crippen LogP contribution in [0.5, 0.6) is 0 Å². The van der Waals surface area contributed by atoms with E-state index < -0.39 is 18.0 Å².